The third-order valence-electron chi connectivity index (χ3n) is 2.44. The van der Waals surface area contributed by atoms with E-state index in [2.05, 4.69) is 10.6 Å². The molecule has 1 aromatic carbocycles. The van der Waals surface area contributed by atoms with Gasteiger partial charge in [0.15, 0.2) is 0 Å². The molecule has 0 bridgehead atoms. The Hall–Kier alpha value is -1.55. The lowest BCUT2D eigenvalue weighted by Crippen LogP contribution is -2.28. The van der Waals surface area contributed by atoms with E-state index in [9.17, 15) is 9.59 Å². The lowest BCUT2D eigenvalue weighted by Gasteiger charge is -2.12. The number of para-hydroxylation sites is 1. The molecule has 0 fully saturated rings. The summed E-state index contributed by atoms with van der Waals surface area (Å²) < 4.78 is 0. The van der Waals surface area contributed by atoms with Crippen LogP contribution in [0.3, 0.4) is 0 Å². The van der Waals surface area contributed by atoms with Crippen LogP contribution in [0.2, 0.25) is 0 Å². The second-order valence-electron chi connectivity index (χ2n) is 4.64. The molecule has 0 aliphatic heterocycles. The zero-order chi connectivity index (χ0) is 14.3. The van der Waals surface area contributed by atoms with Gasteiger partial charge in [0.25, 0.3) is 5.91 Å². The Bertz CT molecular complexity index is 447. The van der Waals surface area contributed by atoms with Crippen molar-refractivity contribution in [3.05, 3.63) is 29.8 Å². The Balaban J connectivity index is 2.77. The minimum absolute atomic E-state index is 0.185. The van der Waals surface area contributed by atoms with Crippen LogP contribution in [-0.2, 0) is 4.79 Å². The first-order valence-corrected chi connectivity index (χ1v) is 6.81. The van der Waals surface area contributed by atoms with Gasteiger partial charge in [0, 0.05) is 18.8 Å². The molecule has 104 valence electrons. The first-order chi connectivity index (χ1) is 9.04. The molecule has 0 aromatic heterocycles. The maximum absolute atomic E-state index is 12.0. The number of halogens is 1. The molecular formula is C14H19ClN2O2. The van der Waals surface area contributed by atoms with Crippen molar-refractivity contribution in [2.24, 2.45) is 5.92 Å². The standard InChI is InChI=1S/C14H19ClN2O2/c1-10(2)9-16-14(19)11-5-3-4-6-12(11)17-13(18)7-8-15/h3-6,10H,7-9H2,1-2H3,(H,16,19)(H,17,18). The van der Waals surface area contributed by atoms with Crippen molar-refractivity contribution in [3.63, 3.8) is 0 Å². The first kappa shape index (κ1) is 15.5. The van der Waals surface area contributed by atoms with Crippen LogP contribution in [0, 0.1) is 5.92 Å². The number of rotatable bonds is 6. The average Bonchev–Trinajstić information content (AvgIpc) is 2.36. The Morgan fingerprint density at radius 1 is 1.26 bits per heavy atom. The van der Waals surface area contributed by atoms with Crippen LogP contribution in [-0.4, -0.2) is 24.2 Å². The summed E-state index contributed by atoms with van der Waals surface area (Å²) in [6.07, 6.45) is 0.226. The Labute approximate surface area is 118 Å². The fourth-order valence-corrected chi connectivity index (χ4v) is 1.65. The summed E-state index contributed by atoms with van der Waals surface area (Å²) in [4.78, 5) is 23.5. The maximum Gasteiger partial charge on any atom is 0.253 e. The lowest BCUT2D eigenvalue weighted by atomic mass is 10.1. The van der Waals surface area contributed by atoms with Crippen molar-refractivity contribution in [3.8, 4) is 0 Å². The number of anilines is 1. The summed E-state index contributed by atoms with van der Waals surface area (Å²) in [5.41, 5.74) is 0.977. The summed E-state index contributed by atoms with van der Waals surface area (Å²) in [7, 11) is 0. The Morgan fingerprint density at radius 3 is 2.58 bits per heavy atom. The van der Waals surface area contributed by atoms with Gasteiger partial charge in [-0.3, -0.25) is 9.59 Å². The van der Waals surface area contributed by atoms with E-state index in [1.807, 2.05) is 13.8 Å². The minimum Gasteiger partial charge on any atom is -0.352 e. The van der Waals surface area contributed by atoms with E-state index in [1.165, 1.54) is 0 Å². The molecule has 0 heterocycles. The molecule has 2 N–H and O–H groups in total. The van der Waals surface area contributed by atoms with Crippen molar-refractivity contribution in [1.82, 2.24) is 5.32 Å². The smallest absolute Gasteiger partial charge is 0.253 e. The fraction of sp³-hybridized carbons (Fsp3) is 0.429. The Kier molecular flexibility index (Phi) is 6.36. The number of carbonyl (C=O) groups excluding carboxylic acids is 2. The lowest BCUT2D eigenvalue weighted by molar-refractivity contribution is -0.115. The minimum atomic E-state index is -0.195. The van der Waals surface area contributed by atoms with Gasteiger partial charge < -0.3 is 10.6 Å². The number of hydrogen-bond donors (Lipinski definition) is 2. The second kappa shape index (κ2) is 7.79. The van der Waals surface area contributed by atoms with Gasteiger partial charge in [0.1, 0.15) is 0 Å². The third-order valence-corrected chi connectivity index (χ3v) is 2.63. The number of benzene rings is 1. The molecule has 0 atom stereocenters. The third kappa shape index (κ3) is 5.30. The molecule has 0 saturated carbocycles. The zero-order valence-electron chi connectivity index (χ0n) is 11.2. The van der Waals surface area contributed by atoms with Crippen LogP contribution in [0.1, 0.15) is 30.6 Å². The van der Waals surface area contributed by atoms with Gasteiger partial charge in [-0.05, 0) is 18.1 Å². The topological polar surface area (TPSA) is 58.2 Å². The van der Waals surface area contributed by atoms with Crippen molar-refractivity contribution >= 4 is 29.1 Å². The van der Waals surface area contributed by atoms with Crippen LogP contribution in [0.25, 0.3) is 0 Å². The highest BCUT2D eigenvalue weighted by molar-refractivity contribution is 6.19. The van der Waals surface area contributed by atoms with Crippen molar-refractivity contribution < 1.29 is 9.59 Å². The molecule has 0 aliphatic rings. The summed E-state index contributed by atoms with van der Waals surface area (Å²) in [5.74, 6) is 0.254. The van der Waals surface area contributed by atoms with Crippen LogP contribution < -0.4 is 10.6 Å². The SMILES string of the molecule is CC(C)CNC(=O)c1ccccc1NC(=O)CCCl. The summed E-state index contributed by atoms with van der Waals surface area (Å²) in [6, 6.07) is 6.93. The van der Waals surface area contributed by atoms with Gasteiger partial charge in [-0.15, -0.1) is 11.6 Å². The quantitative estimate of drug-likeness (QED) is 0.788. The van der Waals surface area contributed by atoms with Crippen molar-refractivity contribution in [1.29, 1.82) is 0 Å². The predicted molar refractivity (Wildman–Crippen MR) is 77.6 cm³/mol. The van der Waals surface area contributed by atoms with E-state index in [1.54, 1.807) is 24.3 Å². The molecule has 0 aliphatic carbocycles. The van der Waals surface area contributed by atoms with Crippen LogP contribution >= 0.6 is 11.6 Å². The molecule has 1 aromatic rings. The van der Waals surface area contributed by atoms with Gasteiger partial charge in [0.2, 0.25) is 5.91 Å². The van der Waals surface area contributed by atoms with Gasteiger partial charge in [-0.2, -0.15) is 0 Å². The number of amides is 2. The molecule has 0 saturated heterocycles. The van der Waals surface area contributed by atoms with E-state index in [0.717, 1.165) is 0 Å². The normalized spacial score (nSPS) is 10.3. The van der Waals surface area contributed by atoms with Gasteiger partial charge in [0.05, 0.1) is 11.3 Å². The highest BCUT2D eigenvalue weighted by atomic mass is 35.5. The van der Waals surface area contributed by atoms with E-state index in [4.69, 9.17) is 11.6 Å². The van der Waals surface area contributed by atoms with Gasteiger partial charge >= 0.3 is 0 Å². The zero-order valence-corrected chi connectivity index (χ0v) is 12.0. The van der Waals surface area contributed by atoms with Crippen LogP contribution in [0.15, 0.2) is 24.3 Å². The largest absolute Gasteiger partial charge is 0.352 e. The second-order valence-corrected chi connectivity index (χ2v) is 5.01. The highest BCUT2D eigenvalue weighted by Crippen LogP contribution is 2.15. The monoisotopic (exact) mass is 282 g/mol. The molecule has 0 unspecified atom stereocenters. The van der Waals surface area contributed by atoms with E-state index < -0.39 is 0 Å². The summed E-state index contributed by atoms with van der Waals surface area (Å²) in [6.45, 7) is 4.64. The number of alkyl halides is 1. The molecule has 2 amide bonds. The van der Waals surface area contributed by atoms with E-state index >= 15 is 0 Å². The number of hydrogen-bond acceptors (Lipinski definition) is 2. The van der Waals surface area contributed by atoms with Crippen molar-refractivity contribution in [2.75, 3.05) is 17.7 Å². The van der Waals surface area contributed by atoms with E-state index in [0.29, 0.717) is 23.7 Å². The van der Waals surface area contributed by atoms with Crippen molar-refractivity contribution in [2.45, 2.75) is 20.3 Å². The van der Waals surface area contributed by atoms with Crippen LogP contribution in [0.4, 0.5) is 5.69 Å². The Morgan fingerprint density at radius 2 is 1.95 bits per heavy atom. The highest BCUT2D eigenvalue weighted by Gasteiger charge is 2.12. The molecule has 0 radical (unpaired) electrons. The number of carbonyl (C=O) groups is 2. The molecule has 0 spiro atoms. The molecule has 5 heteroatoms. The van der Waals surface area contributed by atoms with E-state index in [-0.39, 0.29) is 24.1 Å². The molecule has 1 rings (SSSR count). The predicted octanol–water partition coefficient (Wildman–Crippen LogP) is 2.64. The fourth-order valence-electron chi connectivity index (χ4n) is 1.48. The molecular weight excluding hydrogens is 264 g/mol. The van der Waals surface area contributed by atoms with Gasteiger partial charge in [-0.25, -0.2) is 0 Å². The maximum atomic E-state index is 12.0. The molecule has 4 nitrogen and oxygen atoms in total. The summed E-state index contributed by atoms with van der Waals surface area (Å²) >= 11 is 5.51. The van der Waals surface area contributed by atoms with Gasteiger partial charge in [-0.1, -0.05) is 26.0 Å². The van der Waals surface area contributed by atoms with Crippen LogP contribution in [0.5, 0.6) is 0 Å². The molecule has 19 heavy (non-hydrogen) atoms. The average molecular weight is 283 g/mol. The number of nitrogens with one attached hydrogen (secondary N) is 2. The summed E-state index contributed by atoms with van der Waals surface area (Å²) in [5, 5.41) is 5.52. The first-order valence-electron chi connectivity index (χ1n) is 6.27.